The van der Waals surface area contributed by atoms with Crippen LogP contribution in [0.15, 0.2) is 54.6 Å². The average Bonchev–Trinajstić information content (AvgIpc) is 2.66. The van der Waals surface area contributed by atoms with Gasteiger partial charge in [0.1, 0.15) is 5.75 Å². The van der Waals surface area contributed by atoms with Gasteiger partial charge in [-0.05, 0) is 36.8 Å². The van der Waals surface area contributed by atoms with E-state index < -0.39 is 0 Å². The molecule has 1 aliphatic heterocycles. The fourth-order valence-electron chi connectivity index (χ4n) is 3.15. The topological polar surface area (TPSA) is 44.8 Å². The van der Waals surface area contributed by atoms with E-state index in [0.29, 0.717) is 13.2 Å². The standard InChI is InChI=1S/C21H27N3O2/c1-2-26-20-10-8-19(9-11-20)22-21(25)17-24-14-12-23(13-15-24)16-18-6-4-3-5-7-18/h3-11H,2,12-17H2,1H3,(H,22,25). The largest absolute Gasteiger partial charge is 0.494 e. The Morgan fingerprint density at radius 1 is 0.962 bits per heavy atom. The molecule has 138 valence electrons. The number of ether oxygens (including phenoxy) is 1. The monoisotopic (exact) mass is 353 g/mol. The van der Waals surface area contributed by atoms with Gasteiger partial charge in [-0.3, -0.25) is 14.6 Å². The van der Waals surface area contributed by atoms with E-state index in [4.69, 9.17) is 4.74 Å². The van der Waals surface area contributed by atoms with E-state index >= 15 is 0 Å². The molecule has 1 fully saturated rings. The van der Waals surface area contributed by atoms with Gasteiger partial charge in [0.25, 0.3) is 0 Å². The van der Waals surface area contributed by atoms with Crippen molar-refractivity contribution in [2.45, 2.75) is 13.5 Å². The van der Waals surface area contributed by atoms with E-state index in [1.807, 2.05) is 37.3 Å². The predicted molar refractivity (Wildman–Crippen MR) is 104 cm³/mol. The normalized spacial score (nSPS) is 15.6. The fraction of sp³-hybridized carbons (Fsp3) is 0.381. The molecule has 0 radical (unpaired) electrons. The first-order chi connectivity index (χ1) is 12.7. The Hall–Kier alpha value is -2.37. The van der Waals surface area contributed by atoms with Crippen molar-refractivity contribution >= 4 is 11.6 Å². The van der Waals surface area contributed by atoms with Gasteiger partial charge >= 0.3 is 0 Å². The Labute approximate surface area is 155 Å². The lowest BCUT2D eigenvalue weighted by Crippen LogP contribution is -2.48. The molecule has 0 bridgehead atoms. The van der Waals surface area contributed by atoms with Crippen molar-refractivity contribution in [3.63, 3.8) is 0 Å². The SMILES string of the molecule is CCOc1ccc(NC(=O)CN2CCN(Cc3ccccc3)CC2)cc1. The van der Waals surface area contributed by atoms with Crippen LogP contribution < -0.4 is 10.1 Å². The van der Waals surface area contributed by atoms with Crippen LogP contribution in [0.25, 0.3) is 0 Å². The Morgan fingerprint density at radius 2 is 1.62 bits per heavy atom. The van der Waals surface area contributed by atoms with E-state index in [9.17, 15) is 4.79 Å². The zero-order valence-electron chi connectivity index (χ0n) is 15.4. The van der Waals surface area contributed by atoms with Gasteiger partial charge in [0.2, 0.25) is 5.91 Å². The van der Waals surface area contributed by atoms with Gasteiger partial charge in [-0.2, -0.15) is 0 Å². The zero-order valence-corrected chi connectivity index (χ0v) is 15.4. The Morgan fingerprint density at radius 3 is 2.27 bits per heavy atom. The summed E-state index contributed by atoms with van der Waals surface area (Å²) in [6.07, 6.45) is 0. The van der Waals surface area contributed by atoms with Gasteiger partial charge in [0, 0.05) is 38.4 Å². The second-order valence-corrected chi connectivity index (χ2v) is 6.54. The quantitative estimate of drug-likeness (QED) is 0.831. The molecule has 2 aromatic rings. The predicted octanol–water partition coefficient (Wildman–Crippen LogP) is 2.84. The van der Waals surface area contributed by atoms with Crippen LogP contribution in [0.5, 0.6) is 5.75 Å². The van der Waals surface area contributed by atoms with Crippen LogP contribution in [0.3, 0.4) is 0 Å². The first-order valence-corrected chi connectivity index (χ1v) is 9.24. The molecule has 3 rings (SSSR count). The minimum atomic E-state index is 0.0330. The summed E-state index contributed by atoms with van der Waals surface area (Å²) in [6, 6.07) is 18.0. The van der Waals surface area contributed by atoms with Crippen LogP contribution in [-0.4, -0.2) is 55.0 Å². The van der Waals surface area contributed by atoms with Gasteiger partial charge < -0.3 is 10.1 Å². The molecule has 1 saturated heterocycles. The summed E-state index contributed by atoms with van der Waals surface area (Å²) in [7, 11) is 0. The van der Waals surface area contributed by atoms with Gasteiger partial charge in [-0.25, -0.2) is 0 Å². The molecule has 1 amide bonds. The lowest BCUT2D eigenvalue weighted by molar-refractivity contribution is -0.117. The molecule has 0 saturated carbocycles. The maximum absolute atomic E-state index is 12.3. The average molecular weight is 353 g/mol. The molecule has 26 heavy (non-hydrogen) atoms. The second kappa shape index (κ2) is 9.36. The number of carbonyl (C=O) groups excluding carboxylic acids is 1. The molecule has 0 spiro atoms. The van der Waals surface area contributed by atoms with Crippen LogP contribution in [0, 0.1) is 0 Å². The molecule has 2 aromatic carbocycles. The number of rotatable bonds is 7. The van der Waals surface area contributed by atoms with E-state index in [2.05, 4.69) is 39.4 Å². The summed E-state index contributed by atoms with van der Waals surface area (Å²) in [4.78, 5) is 16.9. The van der Waals surface area contributed by atoms with E-state index in [0.717, 1.165) is 44.2 Å². The molecule has 0 atom stereocenters. The number of piperazine rings is 1. The summed E-state index contributed by atoms with van der Waals surface area (Å²) in [5, 5.41) is 2.96. The van der Waals surface area contributed by atoms with E-state index in [-0.39, 0.29) is 5.91 Å². The van der Waals surface area contributed by atoms with Crippen molar-refractivity contribution in [3.8, 4) is 5.75 Å². The van der Waals surface area contributed by atoms with Crippen LogP contribution in [-0.2, 0) is 11.3 Å². The fourth-order valence-corrected chi connectivity index (χ4v) is 3.15. The third kappa shape index (κ3) is 5.58. The highest BCUT2D eigenvalue weighted by atomic mass is 16.5. The zero-order chi connectivity index (χ0) is 18.2. The summed E-state index contributed by atoms with van der Waals surface area (Å²) in [6.45, 7) is 7.83. The van der Waals surface area contributed by atoms with Crippen LogP contribution >= 0.6 is 0 Å². The van der Waals surface area contributed by atoms with Crippen molar-refractivity contribution in [1.82, 2.24) is 9.80 Å². The van der Waals surface area contributed by atoms with Gasteiger partial charge in [-0.1, -0.05) is 30.3 Å². The molecule has 1 N–H and O–H groups in total. The summed E-state index contributed by atoms with van der Waals surface area (Å²) in [5.74, 6) is 0.853. The minimum absolute atomic E-state index is 0.0330. The van der Waals surface area contributed by atoms with Crippen molar-refractivity contribution in [1.29, 1.82) is 0 Å². The van der Waals surface area contributed by atoms with Gasteiger partial charge in [0.15, 0.2) is 0 Å². The first kappa shape index (κ1) is 18.4. The van der Waals surface area contributed by atoms with E-state index in [1.165, 1.54) is 5.56 Å². The number of anilines is 1. The highest BCUT2D eigenvalue weighted by Crippen LogP contribution is 2.15. The molecule has 0 aromatic heterocycles. The molecule has 1 heterocycles. The number of carbonyl (C=O) groups is 1. The first-order valence-electron chi connectivity index (χ1n) is 9.24. The van der Waals surface area contributed by atoms with Crippen molar-refractivity contribution in [3.05, 3.63) is 60.2 Å². The molecule has 5 heteroatoms. The second-order valence-electron chi connectivity index (χ2n) is 6.54. The molecular weight excluding hydrogens is 326 g/mol. The number of amides is 1. The molecule has 1 aliphatic rings. The summed E-state index contributed by atoms with van der Waals surface area (Å²) in [5.41, 5.74) is 2.15. The molecule has 0 unspecified atom stereocenters. The third-order valence-corrected chi connectivity index (χ3v) is 4.53. The Bertz CT molecular complexity index is 680. The number of benzene rings is 2. The Balaban J connectivity index is 1.40. The number of hydrogen-bond acceptors (Lipinski definition) is 4. The minimum Gasteiger partial charge on any atom is -0.494 e. The lowest BCUT2D eigenvalue weighted by atomic mass is 10.2. The molecule has 0 aliphatic carbocycles. The Kier molecular flexibility index (Phi) is 6.63. The maximum Gasteiger partial charge on any atom is 0.238 e. The van der Waals surface area contributed by atoms with Crippen molar-refractivity contribution in [2.75, 3.05) is 44.6 Å². The highest BCUT2D eigenvalue weighted by Gasteiger charge is 2.19. The van der Waals surface area contributed by atoms with Crippen LogP contribution in [0.2, 0.25) is 0 Å². The molecule has 5 nitrogen and oxygen atoms in total. The summed E-state index contributed by atoms with van der Waals surface area (Å²) >= 11 is 0. The lowest BCUT2D eigenvalue weighted by Gasteiger charge is -2.34. The maximum atomic E-state index is 12.3. The highest BCUT2D eigenvalue weighted by molar-refractivity contribution is 5.92. The van der Waals surface area contributed by atoms with Crippen LogP contribution in [0.4, 0.5) is 5.69 Å². The van der Waals surface area contributed by atoms with Crippen molar-refractivity contribution in [2.24, 2.45) is 0 Å². The van der Waals surface area contributed by atoms with Gasteiger partial charge in [0.05, 0.1) is 13.2 Å². The third-order valence-electron chi connectivity index (χ3n) is 4.53. The van der Waals surface area contributed by atoms with E-state index in [1.54, 1.807) is 0 Å². The number of nitrogens with zero attached hydrogens (tertiary/aromatic N) is 2. The summed E-state index contributed by atoms with van der Waals surface area (Å²) < 4.78 is 5.41. The van der Waals surface area contributed by atoms with Crippen molar-refractivity contribution < 1.29 is 9.53 Å². The number of hydrogen-bond donors (Lipinski definition) is 1. The molecular formula is C21H27N3O2. The van der Waals surface area contributed by atoms with Crippen LogP contribution in [0.1, 0.15) is 12.5 Å². The van der Waals surface area contributed by atoms with Gasteiger partial charge in [-0.15, -0.1) is 0 Å². The smallest absolute Gasteiger partial charge is 0.238 e. The number of nitrogens with one attached hydrogen (secondary N) is 1.